The number of hydrogen-bond donors (Lipinski definition) is 0. The maximum Gasteiger partial charge on any atom is 0.338 e. The minimum Gasteiger partial charge on any atom is -0.469 e. The molecular weight excluding hydrogens is 486 g/mol. The predicted octanol–water partition coefficient (Wildman–Crippen LogP) is 6.61. The Kier molecular flexibility index (Phi) is 12.4. The zero-order valence-corrected chi connectivity index (χ0v) is 23.3. The van der Waals surface area contributed by atoms with Crippen molar-refractivity contribution in [1.82, 2.24) is 0 Å². The standard InChI is InChI=1S/C30H41NO7/c1-20(2)27(37-19-24-10-8-7-9-11-24)18-28(22(4)16-21(3)17-23(5)29(32)36-6)38-30(33)25-12-14-26(15-13-25)31(34)35/h7-15,20-23,27-28H,16-19H2,1-6H3/t21-,22+,23-,27-,28-/m0/s1. The summed E-state index contributed by atoms with van der Waals surface area (Å²) in [5.41, 5.74) is 1.23. The molecular formula is C30H41NO7. The van der Waals surface area contributed by atoms with Crippen LogP contribution < -0.4 is 0 Å². The highest BCUT2D eigenvalue weighted by Gasteiger charge is 2.30. The molecule has 0 saturated carbocycles. The average Bonchev–Trinajstić information content (AvgIpc) is 2.89. The number of carbonyl (C=O) groups is 2. The number of methoxy groups -OCH3 is 1. The molecule has 0 aliphatic carbocycles. The molecule has 2 rings (SSSR count). The molecule has 8 nitrogen and oxygen atoms in total. The second kappa shape index (κ2) is 15.2. The van der Waals surface area contributed by atoms with E-state index in [0.717, 1.165) is 12.0 Å². The molecule has 2 aromatic carbocycles. The van der Waals surface area contributed by atoms with E-state index in [1.807, 2.05) is 44.2 Å². The molecule has 208 valence electrons. The summed E-state index contributed by atoms with van der Waals surface area (Å²) in [5, 5.41) is 11.0. The lowest BCUT2D eigenvalue weighted by Crippen LogP contribution is -2.34. The van der Waals surface area contributed by atoms with Gasteiger partial charge in [0, 0.05) is 18.6 Å². The molecule has 0 saturated heterocycles. The van der Waals surface area contributed by atoms with Crippen molar-refractivity contribution < 1.29 is 28.7 Å². The minimum absolute atomic E-state index is 0.0154. The lowest BCUT2D eigenvalue weighted by molar-refractivity contribution is -0.384. The second-order valence-corrected chi connectivity index (χ2v) is 10.5. The SMILES string of the molecule is COC(=O)[C@@H](C)C[C@@H](C)C[C@@H](C)[C@H](C[C@H](OCc1ccccc1)C(C)C)OC(=O)c1ccc([N+](=O)[O-])cc1. The zero-order chi connectivity index (χ0) is 28.2. The highest BCUT2D eigenvalue weighted by molar-refractivity contribution is 5.89. The van der Waals surface area contributed by atoms with Gasteiger partial charge in [-0.15, -0.1) is 0 Å². The van der Waals surface area contributed by atoms with Gasteiger partial charge in [-0.25, -0.2) is 4.79 Å². The zero-order valence-electron chi connectivity index (χ0n) is 23.3. The summed E-state index contributed by atoms with van der Waals surface area (Å²) < 4.78 is 17.2. The van der Waals surface area contributed by atoms with Crippen LogP contribution in [-0.2, 0) is 25.6 Å². The van der Waals surface area contributed by atoms with E-state index in [2.05, 4.69) is 20.8 Å². The summed E-state index contributed by atoms with van der Waals surface area (Å²) in [5.74, 6) is -0.622. The van der Waals surface area contributed by atoms with E-state index in [4.69, 9.17) is 14.2 Å². The van der Waals surface area contributed by atoms with Gasteiger partial charge in [0.2, 0.25) is 0 Å². The quantitative estimate of drug-likeness (QED) is 0.146. The first-order chi connectivity index (χ1) is 18.0. The Morgan fingerprint density at radius 3 is 2.05 bits per heavy atom. The normalized spacial score (nSPS) is 15.2. The van der Waals surface area contributed by atoms with Gasteiger partial charge < -0.3 is 14.2 Å². The number of nitro benzene ring substituents is 1. The Morgan fingerprint density at radius 2 is 1.50 bits per heavy atom. The lowest BCUT2D eigenvalue weighted by atomic mass is 9.84. The van der Waals surface area contributed by atoms with Gasteiger partial charge in [0.15, 0.2) is 0 Å². The van der Waals surface area contributed by atoms with Crippen molar-refractivity contribution in [2.24, 2.45) is 23.7 Å². The number of carbonyl (C=O) groups excluding carboxylic acids is 2. The van der Waals surface area contributed by atoms with Crippen molar-refractivity contribution in [2.75, 3.05) is 7.11 Å². The van der Waals surface area contributed by atoms with Crippen LogP contribution in [0.15, 0.2) is 54.6 Å². The molecule has 0 fully saturated rings. The Labute approximate surface area is 225 Å². The van der Waals surface area contributed by atoms with Crippen molar-refractivity contribution in [3.05, 3.63) is 75.8 Å². The number of esters is 2. The number of nitrogens with zero attached hydrogens (tertiary/aromatic N) is 1. The molecule has 0 N–H and O–H groups in total. The fourth-order valence-corrected chi connectivity index (χ4v) is 4.64. The number of ether oxygens (including phenoxy) is 3. The third kappa shape index (κ3) is 9.89. The number of nitro groups is 1. The van der Waals surface area contributed by atoms with E-state index in [0.29, 0.717) is 19.4 Å². The summed E-state index contributed by atoms with van der Waals surface area (Å²) in [6, 6.07) is 15.3. The number of non-ortho nitro benzene ring substituents is 1. The molecule has 0 aliphatic rings. The Hall–Kier alpha value is -3.26. The Bertz CT molecular complexity index is 1020. The van der Waals surface area contributed by atoms with Crippen LogP contribution in [0.3, 0.4) is 0 Å². The third-order valence-electron chi connectivity index (χ3n) is 6.86. The van der Waals surface area contributed by atoms with Crippen LogP contribution in [0.1, 0.15) is 69.8 Å². The van der Waals surface area contributed by atoms with E-state index >= 15 is 0 Å². The molecule has 0 amide bonds. The van der Waals surface area contributed by atoms with Crippen LogP contribution in [-0.4, -0.2) is 36.2 Å². The minimum atomic E-state index is -0.530. The Balaban J connectivity index is 2.18. The molecule has 0 radical (unpaired) electrons. The largest absolute Gasteiger partial charge is 0.469 e. The van der Waals surface area contributed by atoms with Crippen molar-refractivity contribution in [3.8, 4) is 0 Å². The number of benzene rings is 2. The molecule has 8 heteroatoms. The van der Waals surface area contributed by atoms with Crippen molar-refractivity contribution in [1.29, 1.82) is 0 Å². The topological polar surface area (TPSA) is 105 Å². The maximum absolute atomic E-state index is 13.1. The molecule has 2 aromatic rings. The van der Waals surface area contributed by atoms with Gasteiger partial charge in [0.05, 0.1) is 36.2 Å². The average molecular weight is 528 g/mol. The monoisotopic (exact) mass is 527 g/mol. The molecule has 0 aliphatic heterocycles. The van der Waals surface area contributed by atoms with Gasteiger partial charge in [0.25, 0.3) is 5.69 Å². The van der Waals surface area contributed by atoms with Crippen LogP contribution in [0.4, 0.5) is 5.69 Å². The van der Waals surface area contributed by atoms with E-state index in [1.54, 1.807) is 0 Å². The van der Waals surface area contributed by atoms with Gasteiger partial charge in [-0.3, -0.25) is 14.9 Å². The first-order valence-electron chi connectivity index (χ1n) is 13.2. The van der Waals surface area contributed by atoms with E-state index < -0.39 is 17.0 Å². The third-order valence-corrected chi connectivity index (χ3v) is 6.86. The van der Waals surface area contributed by atoms with Crippen molar-refractivity contribution in [3.63, 3.8) is 0 Å². The van der Waals surface area contributed by atoms with Crippen LogP contribution in [0, 0.1) is 33.8 Å². The summed E-state index contributed by atoms with van der Waals surface area (Å²) in [6.07, 6.45) is 1.30. The number of hydrogen-bond acceptors (Lipinski definition) is 7. The summed E-state index contributed by atoms with van der Waals surface area (Å²) in [6.45, 7) is 10.6. The van der Waals surface area contributed by atoms with Gasteiger partial charge in [-0.05, 0) is 48.3 Å². The second-order valence-electron chi connectivity index (χ2n) is 10.5. The first-order valence-corrected chi connectivity index (χ1v) is 13.2. The first kappa shape index (κ1) is 31.0. The van der Waals surface area contributed by atoms with E-state index in [-0.39, 0.29) is 47.0 Å². The van der Waals surface area contributed by atoms with Gasteiger partial charge in [0.1, 0.15) is 6.10 Å². The van der Waals surface area contributed by atoms with E-state index in [9.17, 15) is 19.7 Å². The smallest absolute Gasteiger partial charge is 0.338 e. The summed E-state index contributed by atoms with van der Waals surface area (Å²) >= 11 is 0. The van der Waals surface area contributed by atoms with Gasteiger partial charge in [-0.1, -0.05) is 65.0 Å². The van der Waals surface area contributed by atoms with Crippen LogP contribution >= 0.6 is 0 Å². The van der Waals surface area contributed by atoms with Crippen LogP contribution in [0.5, 0.6) is 0 Å². The number of rotatable bonds is 15. The lowest BCUT2D eigenvalue weighted by Gasteiger charge is -2.31. The molecule has 0 spiro atoms. The summed E-state index contributed by atoms with van der Waals surface area (Å²) in [7, 11) is 1.39. The summed E-state index contributed by atoms with van der Waals surface area (Å²) in [4.78, 5) is 35.4. The van der Waals surface area contributed by atoms with E-state index in [1.165, 1.54) is 31.4 Å². The molecule has 5 atom stereocenters. The highest BCUT2D eigenvalue weighted by atomic mass is 16.6. The molecule has 0 bridgehead atoms. The van der Waals surface area contributed by atoms with Crippen LogP contribution in [0.2, 0.25) is 0 Å². The van der Waals surface area contributed by atoms with Gasteiger partial charge in [-0.2, -0.15) is 0 Å². The predicted molar refractivity (Wildman–Crippen MR) is 146 cm³/mol. The highest BCUT2D eigenvalue weighted by Crippen LogP contribution is 2.29. The molecule has 0 aromatic heterocycles. The molecule has 38 heavy (non-hydrogen) atoms. The fraction of sp³-hybridized carbons (Fsp3) is 0.533. The van der Waals surface area contributed by atoms with Gasteiger partial charge >= 0.3 is 11.9 Å². The maximum atomic E-state index is 13.1. The van der Waals surface area contributed by atoms with Crippen molar-refractivity contribution in [2.45, 2.75) is 72.7 Å². The van der Waals surface area contributed by atoms with Crippen molar-refractivity contribution >= 4 is 17.6 Å². The molecule has 0 heterocycles. The van der Waals surface area contributed by atoms with Crippen LogP contribution in [0.25, 0.3) is 0 Å². The fourth-order valence-electron chi connectivity index (χ4n) is 4.64. The molecule has 0 unspecified atom stereocenters. The Morgan fingerprint density at radius 1 is 0.868 bits per heavy atom.